The van der Waals surface area contributed by atoms with Crippen LogP contribution in [0.2, 0.25) is 0 Å². The number of amides is 1. The molecule has 7 atom stereocenters. The van der Waals surface area contributed by atoms with Gasteiger partial charge in [-0.2, -0.15) is 0 Å². The van der Waals surface area contributed by atoms with Crippen molar-refractivity contribution in [1.82, 2.24) is 9.88 Å². The Morgan fingerprint density at radius 1 is 1.03 bits per heavy atom. The number of esters is 1. The second-order valence-electron chi connectivity index (χ2n) is 17.4. The molecular weight excluding hydrogens is 827 g/mol. The molecular formula is C48H55N3O13. The van der Waals surface area contributed by atoms with Gasteiger partial charge in [-0.15, -0.1) is 0 Å². The number of aromatic nitrogens is 1. The minimum atomic E-state index is -1.85. The van der Waals surface area contributed by atoms with E-state index in [0.717, 1.165) is 13.1 Å². The molecule has 8 rings (SSSR count). The van der Waals surface area contributed by atoms with Gasteiger partial charge in [0, 0.05) is 75.2 Å². The lowest BCUT2D eigenvalue weighted by Gasteiger charge is -2.36. The monoisotopic (exact) mass is 881 g/mol. The number of allylic oxidation sites excluding steroid dienone is 3. The first kappa shape index (κ1) is 44.6. The number of nitrogens with one attached hydrogen (secondary N) is 1. The molecule has 16 nitrogen and oxygen atoms in total. The summed E-state index contributed by atoms with van der Waals surface area (Å²) in [4.78, 5) is 63.5. The van der Waals surface area contributed by atoms with Crippen LogP contribution in [-0.2, 0) is 28.5 Å². The molecule has 16 heteroatoms. The third-order valence-electron chi connectivity index (χ3n) is 12.6. The minimum Gasteiger partial charge on any atom is -0.505 e. The molecule has 340 valence electrons. The third-order valence-corrected chi connectivity index (χ3v) is 12.6. The number of ether oxygens (including phenoxy) is 7. The lowest BCUT2D eigenvalue weighted by Crippen LogP contribution is -2.45. The number of aliphatic hydroxyl groups is 1. The maximum atomic E-state index is 15.5. The van der Waals surface area contributed by atoms with Gasteiger partial charge in [-0.25, -0.2) is 4.98 Å². The minimum absolute atomic E-state index is 0.00737. The average Bonchev–Trinajstić information content (AvgIpc) is 3.52. The lowest BCUT2D eigenvalue weighted by atomic mass is 9.86. The quantitative estimate of drug-likeness (QED) is 0.135. The summed E-state index contributed by atoms with van der Waals surface area (Å²) in [5.41, 5.74) is -1.29. The molecule has 0 aliphatic carbocycles. The van der Waals surface area contributed by atoms with E-state index >= 15 is 4.79 Å². The topological polar surface area (TPSA) is 194 Å². The number of fused-ring (bicyclic) bond motifs is 8. The largest absolute Gasteiger partial charge is 0.505 e. The number of hydrogen-bond donors (Lipinski definition) is 2. The van der Waals surface area contributed by atoms with Crippen molar-refractivity contribution in [2.24, 2.45) is 17.8 Å². The Morgan fingerprint density at radius 2 is 1.80 bits per heavy atom. The number of methoxy groups -OCH3 is 1. The first-order valence-electron chi connectivity index (χ1n) is 21.8. The lowest BCUT2D eigenvalue weighted by molar-refractivity contribution is -0.159. The van der Waals surface area contributed by atoms with Crippen LogP contribution in [0.25, 0.3) is 38.7 Å². The summed E-state index contributed by atoms with van der Waals surface area (Å²) in [7, 11) is 1.52. The fraction of sp³-hybridized carbons (Fsp3) is 0.479. The number of carbonyl (C=O) groups is 2. The van der Waals surface area contributed by atoms with Crippen molar-refractivity contribution in [2.75, 3.05) is 51.9 Å². The van der Waals surface area contributed by atoms with E-state index in [1.165, 1.54) is 39.4 Å². The van der Waals surface area contributed by atoms with Gasteiger partial charge in [0.1, 0.15) is 47.3 Å². The molecule has 0 saturated carbocycles. The van der Waals surface area contributed by atoms with Crippen LogP contribution in [0.1, 0.15) is 59.9 Å². The van der Waals surface area contributed by atoms with Gasteiger partial charge in [0.2, 0.25) is 10.9 Å². The van der Waals surface area contributed by atoms with E-state index in [4.69, 9.17) is 42.6 Å². The van der Waals surface area contributed by atoms with Gasteiger partial charge >= 0.3 is 11.8 Å². The van der Waals surface area contributed by atoms with Crippen LogP contribution >= 0.6 is 0 Å². The van der Waals surface area contributed by atoms with E-state index in [0.29, 0.717) is 43.7 Å². The highest BCUT2D eigenvalue weighted by Crippen LogP contribution is 2.44. The molecule has 64 heavy (non-hydrogen) atoms. The van der Waals surface area contributed by atoms with Crippen LogP contribution in [0.4, 0.5) is 5.69 Å². The van der Waals surface area contributed by atoms with Gasteiger partial charge in [0.05, 0.1) is 36.2 Å². The highest BCUT2D eigenvalue weighted by molar-refractivity contribution is 6.17. The molecule has 0 radical (unpaired) electrons. The second-order valence-corrected chi connectivity index (χ2v) is 17.4. The Labute approximate surface area is 369 Å². The molecule has 5 heterocycles. The molecule has 4 aromatic rings. The number of morpholine rings is 1. The zero-order valence-electron chi connectivity index (χ0n) is 37.4. The van der Waals surface area contributed by atoms with Crippen molar-refractivity contribution in [3.05, 3.63) is 79.5 Å². The molecule has 4 aliphatic heterocycles. The normalized spacial score (nSPS) is 28.4. The molecule has 1 amide bonds. The maximum absolute atomic E-state index is 15.5. The van der Waals surface area contributed by atoms with E-state index in [-0.39, 0.29) is 79.6 Å². The van der Waals surface area contributed by atoms with Crippen molar-refractivity contribution in [3.63, 3.8) is 0 Å². The smallest absolute Gasteiger partial charge is 0.307 e. The summed E-state index contributed by atoms with van der Waals surface area (Å²) < 4.78 is 49.8. The van der Waals surface area contributed by atoms with Gasteiger partial charge in [0.15, 0.2) is 22.4 Å². The van der Waals surface area contributed by atoms with Crippen LogP contribution in [0.5, 0.6) is 17.2 Å². The zero-order chi connectivity index (χ0) is 45.6. The molecule has 2 N–H and O–H groups in total. The Kier molecular flexibility index (Phi) is 12.5. The first-order valence-corrected chi connectivity index (χ1v) is 21.8. The van der Waals surface area contributed by atoms with E-state index in [2.05, 4.69) is 24.1 Å². The second kappa shape index (κ2) is 17.9. The SMILES string of the molecule is CO[C@H]1/C=C/O[C@@]2(C)Oc3c(C)c4c5c(=O)c(c6oc7cc(OCCN8CCOCC8)cc(=O)c7nc6c5c3=C2O)NC(=O)/C(C)=C\C=C\C(C)C[C@@H](C)CC(O4)C(OC(C)=O)[C@@H]1C. The third kappa shape index (κ3) is 8.41. The molecule has 0 spiro atoms. The van der Waals surface area contributed by atoms with Crippen LogP contribution in [0.15, 0.2) is 62.3 Å². The number of nitrogens with zero attached hydrogens (tertiary/aromatic N) is 2. The Morgan fingerprint density at radius 3 is 2.53 bits per heavy atom. The van der Waals surface area contributed by atoms with Crippen molar-refractivity contribution in [1.29, 1.82) is 0 Å². The van der Waals surface area contributed by atoms with Crippen molar-refractivity contribution < 1.29 is 52.3 Å². The fourth-order valence-corrected chi connectivity index (χ4v) is 9.18. The van der Waals surface area contributed by atoms with Crippen molar-refractivity contribution >= 4 is 56.3 Å². The van der Waals surface area contributed by atoms with E-state index in [1.807, 2.05) is 13.0 Å². The molecule has 3 unspecified atom stereocenters. The Hall–Kier alpha value is -5.97. The number of hydrogen-bond acceptors (Lipinski definition) is 15. The van der Waals surface area contributed by atoms with Gasteiger partial charge < -0.3 is 48.0 Å². The first-order chi connectivity index (χ1) is 30.6. The Balaban J connectivity index is 1.45. The summed E-state index contributed by atoms with van der Waals surface area (Å²) in [5, 5.41) is 15.0. The average molecular weight is 882 g/mol. The van der Waals surface area contributed by atoms with Crippen LogP contribution in [0, 0.1) is 24.7 Å². The highest BCUT2D eigenvalue weighted by atomic mass is 16.7. The van der Waals surface area contributed by atoms with Crippen LogP contribution in [-0.4, -0.2) is 97.5 Å². The summed E-state index contributed by atoms with van der Waals surface area (Å²) in [5.74, 6) is -3.53. The molecule has 6 bridgehead atoms. The summed E-state index contributed by atoms with van der Waals surface area (Å²) in [6, 6.07) is 2.83. The number of carbonyl (C=O) groups excluding carboxylic acids is 2. The molecule has 1 saturated heterocycles. The van der Waals surface area contributed by atoms with Crippen molar-refractivity contribution in [3.8, 4) is 17.2 Å². The molecule has 4 aliphatic rings. The predicted molar refractivity (Wildman–Crippen MR) is 239 cm³/mol. The summed E-state index contributed by atoms with van der Waals surface area (Å²) >= 11 is 0. The highest BCUT2D eigenvalue weighted by Gasteiger charge is 2.45. The van der Waals surface area contributed by atoms with E-state index in [1.54, 1.807) is 32.1 Å². The van der Waals surface area contributed by atoms with E-state index < -0.39 is 58.5 Å². The van der Waals surface area contributed by atoms with Gasteiger partial charge in [-0.3, -0.25) is 24.1 Å². The summed E-state index contributed by atoms with van der Waals surface area (Å²) in [6.07, 6.45) is 7.02. The number of anilines is 1. The zero-order valence-corrected chi connectivity index (χ0v) is 37.4. The predicted octanol–water partition coefficient (Wildman–Crippen LogP) is 5.75. The van der Waals surface area contributed by atoms with E-state index in [9.17, 15) is 19.5 Å². The molecule has 3 aromatic carbocycles. The fourth-order valence-electron chi connectivity index (χ4n) is 9.18. The maximum Gasteiger partial charge on any atom is 0.307 e. The molecule has 1 fully saturated rings. The van der Waals surface area contributed by atoms with Crippen LogP contribution < -0.4 is 35.6 Å². The number of benzene rings is 3. The summed E-state index contributed by atoms with van der Waals surface area (Å²) in [6.45, 7) is 15.8. The molecule has 1 aromatic heterocycles. The number of aliphatic hydroxyl groups excluding tert-OH is 1. The van der Waals surface area contributed by atoms with Gasteiger partial charge in [0.25, 0.3) is 5.91 Å². The van der Waals surface area contributed by atoms with Crippen molar-refractivity contribution in [2.45, 2.75) is 85.4 Å². The standard InChI is InChI=1S/C48H55N3O13/c1-24-10-9-11-26(3)47(56)50-40-41(54)36-35(39-45(40)62-33-23-30(22-31(53)38(33)49-39)59-19-15-51-13-17-58-18-14-51)37-44-28(5)43(36)63-34(21-25(2)20-24)42(61-29(6)52)27(4)32(57-8)12-16-60-48(7,64-44)46(37)55/h9-12,16,22-25,27,32,34,42,55H,13-15,17-21H2,1-8H3,(H,50,56)/b10-9+,16-12+,26-11-/t24?,25-,27-,32+,34?,42?,48+/m1/s1. The van der Waals surface area contributed by atoms with Crippen LogP contribution in [0.3, 0.4) is 0 Å². The number of rotatable bonds is 6. The Bertz CT molecular complexity index is 2790. The van der Waals surface area contributed by atoms with Gasteiger partial charge in [-0.1, -0.05) is 39.0 Å². The van der Waals surface area contributed by atoms with Gasteiger partial charge in [-0.05, 0) is 44.6 Å².